The van der Waals surface area contributed by atoms with E-state index in [0.29, 0.717) is 25.1 Å². The highest BCUT2D eigenvalue weighted by atomic mass is 32.2. The van der Waals surface area contributed by atoms with Gasteiger partial charge < -0.3 is 4.52 Å². The van der Waals surface area contributed by atoms with E-state index in [1.54, 1.807) is 12.1 Å². The van der Waals surface area contributed by atoms with Crippen molar-refractivity contribution in [2.75, 3.05) is 13.1 Å². The molecule has 0 bridgehead atoms. The summed E-state index contributed by atoms with van der Waals surface area (Å²) in [5.41, 5.74) is 0.863. The van der Waals surface area contributed by atoms with Gasteiger partial charge in [-0.15, -0.1) is 0 Å². The van der Waals surface area contributed by atoms with Gasteiger partial charge in [0.1, 0.15) is 5.82 Å². The third-order valence-corrected chi connectivity index (χ3v) is 7.23. The Balaban J connectivity index is 1.60. The van der Waals surface area contributed by atoms with Crippen molar-refractivity contribution in [3.63, 3.8) is 0 Å². The molecule has 29 heavy (non-hydrogen) atoms. The number of aryl methyl sites for hydroxylation is 2. The molecule has 2 heterocycles. The topological polar surface area (TPSA) is 72.5 Å². The molecule has 6 nitrogen and oxygen atoms in total. The van der Waals surface area contributed by atoms with Crippen molar-refractivity contribution in [3.8, 4) is 0 Å². The van der Waals surface area contributed by atoms with Crippen LogP contribution in [-0.4, -0.2) is 30.6 Å². The average Bonchev–Trinajstić information content (AvgIpc) is 2.89. The van der Waals surface area contributed by atoms with Gasteiger partial charge in [0.15, 0.2) is 5.58 Å². The molecule has 0 amide bonds. The van der Waals surface area contributed by atoms with E-state index in [1.807, 2.05) is 0 Å². The minimum Gasteiger partial charge on any atom is -0.376 e. The maximum absolute atomic E-state index is 13.0. The Morgan fingerprint density at radius 2 is 1.66 bits per heavy atom. The number of benzene rings is 2. The Kier molecular flexibility index (Phi) is 5.56. The number of fused-ring (bicyclic) bond motifs is 1. The van der Waals surface area contributed by atoms with E-state index in [0.717, 1.165) is 31.2 Å². The van der Waals surface area contributed by atoms with Crippen LogP contribution in [0.15, 0.2) is 56.7 Å². The fraction of sp³-hybridized carbons (Fsp3) is 0.381. The Morgan fingerprint density at radius 3 is 2.34 bits per heavy atom. The van der Waals surface area contributed by atoms with Crippen molar-refractivity contribution < 1.29 is 17.3 Å². The van der Waals surface area contributed by atoms with Crippen LogP contribution < -0.4 is 5.56 Å². The molecule has 0 spiro atoms. The van der Waals surface area contributed by atoms with Crippen LogP contribution in [0.3, 0.4) is 0 Å². The first-order valence-corrected chi connectivity index (χ1v) is 11.3. The predicted molar refractivity (Wildman–Crippen MR) is 108 cm³/mol. The summed E-state index contributed by atoms with van der Waals surface area (Å²) < 4.78 is 47.3. The lowest BCUT2D eigenvalue weighted by atomic mass is 10.1. The highest BCUT2D eigenvalue weighted by Crippen LogP contribution is 2.23. The predicted octanol–water partition coefficient (Wildman–Crippen LogP) is 3.54. The largest absolute Gasteiger partial charge is 0.376 e. The Morgan fingerprint density at radius 1 is 0.966 bits per heavy atom. The van der Waals surface area contributed by atoms with Gasteiger partial charge in [-0.2, -0.15) is 9.05 Å². The summed E-state index contributed by atoms with van der Waals surface area (Å²) >= 11 is 0. The maximum Gasteiger partial charge on any atom is 0.290 e. The first-order valence-electron chi connectivity index (χ1n) is 9.84. The lowest BCUT2D eigenvalue weighted by molar-refractivity contribution is 0.283. The first kappa shape index (κ1) is 19.8. The number of nitrogens with zero attached hydrogens (tertiary/aromatic N) is 2. The smallest absolute Gasteiger partial charge is 0.290 e. The quantitative estimate of drug-likeness (QED) is 0.635. The summed E-state index contributed by atoms with van der Waals surface area (Å²) in [6.45, 7) is 1.30. The molecule has 3 aromatic rings. The number of rotatable bonds is 5. The fourth-order valence-corrected chi connectivity index (χ4v) is 5.21. The number of aromatic nitrogens is 1. The van der Waals surface area contributed by atoms with Gasteiger partial charge in [-0.1, -0.05) is 25.0 Å². The Bertz CT molecular complexity index is 1160. The minimum absolute atomic E-state index is 0.121. The lowest BCUT2D eigenvalue weighted by Crippen LogP contribution is -2.32. The summed E-state index contributed by atoms with van der Waals surface area (Å²) in [5.74, 6) is -0.312. The second kappa shape index (κ2) is 8.12. The van der Waals surface area contributed by atoms with E-state index in [2.05, 4.69) is 0 Å². The van der Waals surface area contributed by atoms with Gasteiger partial charge >= 0.3 is 0 Å². The Labute approximate surface area is 168 Å². The van der Waals surface area contributed by atoms with Crippen LogP contribution >= 0.6 is 0 Å². The molecule has 0 atom stereocenters. The van der Waals surface area contributed by atoms with Crippen LogP contribution in [0.2, 0.25) is 0 Å². The van der Waals surface area contributed by atoms with Gasteiger partial charge in [0.2, 0.25) is 10.0 Å². The van der Waals surface area contributed by atoms with E-state index in [1.165, 1.54) is 39.4 Å². The molecule has 0 unspecified atom stereocenters. The van der Waals surface area contributed by atoms with Crippen LogP contribution in [0.4, 0.5) is 4.39 Å². The van der Waals surface area contributed by atoms with Crippen LogP contribution in [0, 0.1) is 5.82 Å². The fourth-order valence-electron chi connectivity index (χ4n) is 3.67. The molecule has 0 N–H and O–H groups in total. The first-order chi connectivity index (χ1) is 13.9. The van der Waals surface area contributed by atoms with E-state index in [9.17, 15) is 17.6 Å². The molecule has 154 valence electrons. The summed E-state index contributed by atoms with van der Waals surface area (Å²) in [6, 6.07) is 10.5. The molecule has 0 aliphatic carbocycles. The third kappa shape index (κ3) is 4.13. The van der Waals surface area contributed by atoms with E-state index >= 15 is 0 Å². The molecule has 4 rings (SSSR count). The van der Waals surface area contributed by atoms with Gasteiger partial charge in [0.25, 0.3) is 5.56 Å². The van der Waals surface area contributed by atoms with E-state index in [-0.39, 0.29) is 28.2 Å². The number of hydrogen-bond donors (Lipinski definition) is 0. The van der Waals surface area contributed by atoms with Crippen LogP contribution in [0.1, 0.15) is 31.2 Å². The normalized spacial score (nSPS) is 16.2. The number of halogens is 1. The molecule has 1 saturated heterocycles. The van der Waals surface area contributed by atoms with Gasteiger partial charge in [-0.25, -0.2) is 12.8 Å². The van der Waals surface area contributed by atoms with Crippen LogP contribution in [0.5, 0.6) is 0 Å². The highest BCUT2D eigenvalue weighted by molar-refractivity contribution is 7.89. The summed E-state index contributed by atoms with van der Waals surface area (Å²) in [5, 5.41) is 0.250. The minimum atomic E-state index is -3.64. The average molecular weight is 418 g/mol. The summed E-state index contributed by atoms with van der Waals surface area (Å²) in [7, 11) is -3.64. The maximum atomic E-state index is 13.0. The summed E-state index contributed by atoms with van der Waals surface area (Å²) in [6.07, 6.45) is 4.27. The van der Waals surface area contributed by atoms with Crippen molar-refractivity contribution in [3.05, 3.63) is 64.2 Å². The van der Waals surface area contributed by atoms with Crippen molar-refractivity contribution >= 4 is 21.0 Å². The zero-order valence-corrected chi connectivity index (χ0v) is 16.8. The van der Waals surface area contributed by atoms with Crippen LogP contribution in [0.25, 0.3) is 11.0 Å². The van der Waals surface area contributed by atoms with Gasteiger partial charge in [-0.05, 0) is 55.2 Å². The van der Waals surface area contributed by atoms with Gasteiger partial charge in [0.05, 0.1) is 16.8 Å². The standard InChI is InChI=1S/C21H23FN2O4S/c22-17-7-5-16(6-8-17)11-14-24-21(25)19-15-18(9-10-20(19)28-24)29(26,27)23-12-3-1-2-4-13-23/h5-10,15H,1-4,11-14H2. The molecule has 1 fully saturated rings. The lowest BCUT2D eigenvalue weighted by Gasteiger charge is -2.19. The van der Waals surface area contributed by atoms with E-state index in [4.69, 9.17) is 4.52 Å². The van der Waals surface area contributed by atoms with E-state index < -0.39 is 10.0 Å². The monoisotopic (exact) mass is 418 g/mol. The number of sulfonamides is 1. The summed E-state index contributed by atoms with van der Waals surface area (Å²) in [4.78, 5) is 12.8. The zero-order valence-electron chi connectivity index (χ0n) is 16.0. The molecule has 1 aliphatic rings. The molecular weight excluding hydrogens is 395 g/mol. The molecule has 2 aromatic carbocycles. The SMILES string of the molecule is O=c1c2cc(S(=O)(=O)N3CCCCCC3)ccc2on1CCc1ccc(F)cc1. The third-order valence-electron chi connectivity index (χ3n) is 5.34. The van der Waals surface area contributed by atoms with Crippen molar-refractivity contribution in [2.24, 2.45) is 0 Å². The molecule has 0 radical (unpaired) electrons. The molecule has 1 aliphatic heterocycles. The number of hydrogen-bond acceptors (Lipinski definition) is 4. The van der Waals surface area contributed by atoms with Crippen molar-refractivity contribution in [1.29, 1.82) is 0 Å². The van der Waals surface area contributed by atoms with Crippen LogP contribution in [-0.2, 0) is 23.0 Å². The Hall–Kier alpha value is -2.45. The van der Waals surface area contributed by atoms with Crippen molar-refractivity contribution in [2.45, 2.75) is 43.5 Å². The molecule has 1 aromatic heterocycles. The van der Waals surface area contributed by atoms with Gasteiger partial charge in [-0.3, -0.25) is 4.79 Å². The van der Waals surface area contributed by atoms with Gasteiger partial charge in [0, 0.05) is 13.1 Å². The van der Waals surface area contributed by atoms with Crippen molar-refractivity contribution in [1.82, 2.24) is 9.05 Å². The molecule has 0 saturated carbocycles. The second-order valence-electron chi connectivity index (χ2n) is 7.35. The molecule has 8 heteroatoms. The second-order valence-corrected chi connectivity index (χ2v) is 9.29. The molecular formula is C21H23FN2O4S. The zero-order chi connectivity index (χ0) is 20.4. The highest BCUT2D eigenvalue weighted by Gasteiger charge is 2.26.